The van der Waals surface area contributed by atoms with Gasteiger partial charge in [0.1, 0.15) is 12.0 Å². The van der Waals surface area contributed by atoms with Crippen molar-refractivity contribution in [3.05, 3.63) is 77.1 Å². The third-order valence-corrected chi connectivity index (χ3v) is 4.10. The Bertz CT molecular complexity index is 934. The number of rotatable bonds is 6. The van der Waals surface area contributed by atoms with E-state index in [9.17, 15) is 4.79 Å². The Morgan fingerprint density at radius 1 is 1.15 bits per heavy atom. The summed E-state index contributed by atoms with van der Waals surface area (Å²) in [5, 5.41) is 0.481. The summed E-state index contributed by atoms with van der Waals surface area (Å²) in [5.41, 5.74) is 13.4. The molecule has 0 saturated heterocycles. The van der Waals surface area contributed by atoms with Crippen molar-refractivity contribution in [2.24, 2.45) is 0 Å². The molecule has 0 radical (unpaired) electrons. The fraction of sp³-hybridized carbons (Fsp3) is 0.105. The summed E-state index contributed by atoms with van der Waals surface area (Å²) in [6.45, 7) is 0.635. The third kappa shape index (κ3) is 4.65. The molecule has 27 heavy (non-hydrogen) atoms. The molecule has 0 saturated carbocycles. The maximum Gasteiger partial charge on any atom is 0.269 e. The van der Waals surface area contributed by atoms with Gasteiger partial charge in [0.05, 0.1) is 0 Å². The van der Waals surface area contributed by atoms with Gasteiger partial charge in [0, 0.05) is 24.2 Å². The quantitative estimate of drug-likeness (QED) is 0.567. The summed E-state index contributed by atoms with van der Waals surface area (Å²) >= 11 is 5.91. The van der Waals surface area contributed by atoms with Gasteiger partial charge < -0.3 is 10.6 Å². The summed E-state index contributed by atoms with van der Waals surface area (Å²) in [7, 11) is 1.89. The fourth-order valence-corrected chi connectivity index (χ4v) is 2.73. The minimum atomic E-state index is -0.352. The van der Waals surface area contributed by atoms with Crippen molar-refractivity contribution in [1.29, 1.82) is 0 Å². The minimum Gasteiger partial charge on any atom is -0.393 e. The molecule has 1 amide bonds. The van der Waals surface area contributed by atoms with E-state index in [1.54, 1.807) is 24.3 Å². The average Bonchev–Trinajstić information content (AvgIpc) is 2.67. The van der Waals surface area contributed by atoms with Crippen LogP contribution in [0.1, 0.15) is 15.9 Å². The number of aromatic nitrogens is 2. The molecule has 0 unspecified atom stereocenters. The first kappa shape index (κ1) is 18.5. The first-order valence-corrected chi connectivity index (χ1v) is 8.60. The van der Waals surface area contributed by atoms with Gasteiger partial charge >= 0.3 is 0 Å². The zero-order valence-electron chi connectivity index (χ0n) is 14.7. The predicted molar refractivity (Wildman–Crippen MR) is 108 cm³/mol. The van der Waals surface area contributed by atoms with Crippen LogP contribution in [-0.4, -0.2) is 22.9 Å². The Morgan fingerprint density at radius 2 is 1.93 bits per heavy atom. The van der Waals surface area contributed by atoms with Crippen LogP contribution in [0.4, 0.5) is 17.3 Å². The van der Waals surface area contributed by atoms with Crippen LogP contribution in [0.25, 0.3) is 0 Å². The molecular weight excluding hydrogens is 364 g/mol. The van der Waals surface area contributed by atoms with Crippen LogP contribution in [0.5, 0.6) is 0 Å². The van der Waals surface area contributed by atoms with Gasteiger partial charge in [-0.05, 0) is 23.8 Å². The van der Waals surface area contributed by atoms with Crippen molar-refractivity contribution in [3.8, 4) is 0 Å². The third-order valence-electron chi connectivity index (χ3n) is 3.87. The number of nitrogen functional groups attached to an aromatic ring is 1. The highest BCUT2D eigenvalue weighted by Gasteiger charge is 2.13. The zero-order valence-corrected chi connectivity index (χ0v) is 15.4. The molecule has 0 fully saturated rings. The Balaban J connectivity index is 1.70. The number of nitrogens with one attached hydrogen (secondary N) is 2. The van der Waals surface area contributed by atoms with Gasteiger partial charge in [-0.15, -0.1) is 0 Å². The molecule has 0 spiro atoms. The Morgan fingerprint density at radius 3 is 2.67 bits per heavy atom. The minimum absolute atomic E-state index is 0.315. The van der Waals surface area contributed by atoms with E-state index in [1.165, 1.54) is 6.33 Å². The number of anilines is 3. The van der Waals surface area contributed by atoms with Gasteiger partial charge in [0.15, 0.2) is 11.6 Å². The van der Waals surface area contributed by atoms with Crippen LogP contribution in [0.15, 0.2) is 60.9 Å². The summed E-state index contributed by atoms with van der Waals surface area (Å²) in [5.74, 6) is 0.526. The Kier molecular flexibility index (Phi) is 5.73. The topological polar surface area (TPSA) is 96.2 Å². The summed E-state index contributed by atoms with van der Waals surface area (Å²) < 4.78 is 0. The fourth-order valence-electron chi connectivity index (χ4n) is 2.54. The van der Waals surface area contributed by atoms with Crippen molar-refractivity contribution in [3.63, 3.8) is 0 Å². The van der Waals surface area contributed by atoms with E-state index >= 15 is 0 Å². The molecule has 3 aromatic rings. The number of nitrogens with zero attached hydrogens (tertiary/aromatic N) is 3. The Labute approximate surface area is 162 Å². The van der Waals surface area contributed by atoms with Crippen molar-refractivity contribution in [2.75, 3.05) is 23.1 Å². The lowest BCUT2D eigenvalue weighted by Crippen LogP contribution is -2.30. The second-order valence-corrected chi connectivity index (χ2v) is 6.33. The summed E-state index contributed by atoms with van der Waals surface area (Å²) in [6, 6.07) is 16.6. The SMILES string of the molecule is CN(Cc1ccccc1)c1ncnc(NNC(=O)c2cccc(Cl)c2)c1N. The molecule has 8 heteroatoms. The van der Waals surface area contributed by atoms with Gasteiger partial charge in [-0.25, -0.2) is 9.97 Å². The lowest BCUT2D eigenvalue weighted by atomic mass is 10.2. The van der Waals surface area contributed by atoms with Gasteiger partial charge in [-0.3, -0.25) is 15.6 Å². The molecule has 3 rings (SSSR count). The van der Waals surface area contributed by atoms with Gasteiger partial charge in [-0.1, -0.05) is 48.0 Å². The van der Waals surface area contributed by atoms with Crippen molar-refractivity contribution < 1.29 is 4.79 Å². The molecule has 2 aromatic carbocycles. The summed E-state index contributed by atoms with van der Waals surface area (Å²) in [6.07, 6.45) is 1.39. The number of amides is 1. The molecule has 7 nitrogen and oxygen atoms in total. The molecule has 1 aromatic heterocycles. The lowest BCUT2D eigenvalue weighted by Gasteiger charge is -2.21. The van der Waals surface area contributed by atoms with Crippen molar-refractivity contribution >= 4 is 34.8 Å². The number of carbonyl (C=O) groups excluding carboxylic acids is 1. The largest absolute Gasteiger partial charge is 0.393 e. The molecule has 0 bridgehead atoms. The highest BCUT2D eigenvalue weighted by atomic mass is 35.5. The maximum atomic E-state index is 12.2. The highest BCUT2D eigenvalue weighted by molar-refractivity contribution is 6.30. The molecule has 0 atom stereocenters. The van der Waals surface area contributed by atoms with Crippen LogP contribution < -0.4 is 21.5 Å². The van der Waals surface area contributed by atoms with E-state index < -0.39 is 0 Å². The Hall–Kier alpha value is -3.32. The second kappa shape index (κ2) is 8.37. The standard InChI is InChI=1S/C19H19ClN6O/c1-26(11-13-6-3-2-4-7-13)18-16(21)17(22-12-23-18)24-25-19(27)14-8-5-9-15(20)10-14/h2-10,12H,11,21H2,1H3,(H,25,27)(H,22,23,24). The number of halogens is 1. The van der Waals surface area contributed by atoms with E-state index in [1.807, 2.05) is 42.3 Å². The number of nitrogens with two attached hydrogens (primary N) is 1. The molecule has 0 aliphatic rings. The van der Waals surface area contributed by atoms with Crippen LogP contribution in [-0.2, 0) is 6.54 Å². The van der Waals surface area contributed by atoms with Crippen LogP contribution in [0.3, 0.4) is 0 Å². The molecule has 138 valence electrons. The monoisotopic (exact) mass is 382 g/mol. The zero-order chi connectivity index (χ0) is 19.2. The van der Waals surface area contributed by atoms with Gasteiger partial charge in [-0.2, -0.15) is 0 Å². The van der Waals surface area contributed by atoms with E-state index in [2.05, 4.69) is 20.8 Å². The smallest absolute Gasteiger partial charge is 0.269 e. The first-order valence-electron chi connectivity index (χ1n) is 8.22. The number of hydrogen-bond donors (Lipinski definition) is 3. The normalized spacial score (nSPS) is 10.3. The summed E-state index contributed by atoms with van der Waals surface area (Å²) in [4.78, 5) is 22.5. The van der Waals surface area contributed by atoms with E-state index in [4.69, 9.17) is 17.3 Å². The molecule has 0 aliphatic carbocycles. The van der Waals surface area contributed by atoms with Gasteiger partial charge in [0.2, 0.25) is 0 Å². The van der Waals surface area contributed by atoms with E-state index in [0.717, 1.165) is 5.56 Å². The number of hydrazine groups is 1. The highest BCUT2D eigenvalue weighted by Crippen LogP contribution is 2.25. The molecular formula is C19H19ClN6O. The second-order valence-electron chi connectivity index (χ2n) is 5.89. The molecule has 4 N–H and O–H groups in total. The lowest BCUT2D eigenvalue weighted by molar-refractivity contribution is 0.0962. The molecule has 0 aliphatic heterocycles. The number of hydrogen-bond acceptors (Lipinski definition) is 6. The first-order chi connectivity index (χ1) is 13.0. The van der Waals surface area contributed by atoms with E-state index in [0.29, 0.717) is 34.5 Å². The van der Waals surface area contributed by atoms with E-state index in [-0.39, 0.29) is 5.91 Å². The molecule has 1 heterocycles. The van der Waals surface area contributed by atoms with Crippen LogP contribution in [0, 0.1) is 0 Å². The number of benzene rings is 2. The van der Waals surface area contributed by atoms with Crippen LogP contribution >= 0.6 is 11.6 Å². The average molecular weight is 383 g/mol. The van der Waals surface area contributed by atoms with Crippen molar-refractivity contribution in [2.45, 2.75) is 6.54 Å². The van der Waals surface area contributed by atoms with Crippen molar-refractivity contribution in [1.82, 2.24) is 15.4 Å². The number of carbonyl (C=O) groups is 1. The van der Waals surface area contributed by atoms with Gasteiger partial charge in [0.25, 0.3) is 5.91 Å². The van der Waals surface area contributed by atoms with Crippen LogP contribution in [0.2, 0.25) is 5.02 Å². The maximum absolute atomic E-state index is 12.2. The predicted octanol–water partition coefficient (Wildman–Crippen LogP) is 3.11.